The Labute approximate surface area is 132 Å². The average Bonchev–Trinajstić information content (AvgIpc) is 3.04. The van der Waals surface area contributed by atoms with Crippen molar-refractivity contribution in [2.45, 2.75) is 38.9 Å². The molecule has 2 rings (SSSR count). The van der Waals surface area contributed by atoms with E-state index in [-0.39, 0.29) is 6.10 Å². The van der Waals surface area contributed by atoms with E-state index in [4.69, 9.17) is 4.74 Å². The van der Waals surface area contributed by atoms with Gasteiger partial charge < -0.3 is 20.5 Å². The number of hydrogen-bond acceptors (Lipinski definition) is 3. The number of aliphatic imine (C=N–C) groups is 1. The van der Waals surface area contributed by atoms with Gasteiger partial charge in [0.15, 0.2) is 5.96 Å². The van der Waals surface area contributed by atoms with E-state index in [1.165, 1.54) is 5.56 Å². The molecule has 0 spiro atoms. The Kier molecular flexibility index (Phi) is 6.68. The van der Waals surface area contributed by atoms with Crippen molar-refractivity contribution >= 4 is 5.96 Å². The zero-order valence-electron chi connectivity index (χ0n) is 13.5. The summed E-state index contributed by atoms with van der Waals surface area (Å²) in [6, 6.07) is 7.90. The molecule has 22 heavy (non-hydrogen) atoms. The number of ether oxygens (including phenoxy) is 1. The predicted molar refractivity (Wildman–Crippen MR) is 89.1 cm³/mol. The lowest BCUT2D eigenvalue weighted by Gasteiger charge is -2.16. The third kappa shape index (κ3) is 5.31. The summed E-state index contributed by atoms with van der Waals surface area (Å²) in [5, 5.41) is 16.7. The summed E-state index contributed by atoms with van der Waals surface area (Å²) in [6.45, 7) is 6.80. The topological polar surface area (TPSA) is 65.9 Å². The minimum absolute atomic E-state index is 0.269. The summed E-state index contributed by atoms with van der Waals surface area (Å²) in [7, 11) is 0. The van der Waals surface area contributed by atoms with Crippen molar-refractivity contribution in [2.75, 3.05) is 26.2 Å². The maximum atomic E-state index is 10.2. The lowest BCUT2D eigenvalue weighted by molar-refractivity contribution is 0.113. The number of aliphatic hydroxyl groups excluding tert-OH is 1. The Morgan fingerprint density at radius 2 is 2.14 bits per heavy atom. The zero-order valence-corrected chi connectivity index (χ0v) is 13.5. The van der Waals surface area contributed by atoms with Gasteiger partial charge in [0.1, 0.15) is 0 Å². The first-order chi connectivity index (χ1) is 10.7. The van der Waals surface area contributed by atoms with Gasteiger partial charge in [-0.05, 0) is 32.3 Å². The second-order valence-corrected chi connectivity index (χ2v) is 5.66. The standard InChI is InChI=1S/C17H27N3O2/c1-3-18-17(19-11-15-5-4-10-22-15)20-12-16(21)14-8-6-13(2)7-9-14/h6-9,15-16,21H,3-5,10-12H2,1-2H3,(H2,18,19,20). The fourth-order valence-electron chi connectivity index (χ4n) is 2.43. The molecule has 0 amide bonds. The molecule has 0 aromatic heterocycles. The molecule has 1 fully saturated rings. The molecule has 3 N–H and O–H groups in total. The van der Waals surface area contributed by atoms with E-state index < -0.39 is 6.10 Å². The van der Waals surface area contributed by atoms with Gasteiger partial charge in [-0.2, -0.15) is 0 Å². The van der Waals surface area contributed by atoms with Crippen molar-refractivity contribution in [1.82, 2.24) is 10.6 Å². The first-order valence-corrected chi connectivity index (χ1v) is 8.07. The van der Waals surface area contributed by atoms with Crippen LogP contribution >= 0.6 is 0 Å². The van der Waals surface area contributed by atoms with Crippen LogP contribution in [0.5, 0.6) is 0 Å². The highest BCUT2D eigenvalue weighted by Crippen LogP contribution is 2.14. The van der Waals surface area contributed by atoms with Crippen molar-refractivity contribution in [3.05, 3.63) is 35.4 Å². The SMILES string of the molecule is CCNC(=NCC(O)c1ccc(C)cc1)NCC1CCCO1. The maximum absolute atomic E-state index is 10.2. The molecule has 0 radical (unpaired) electrons. The lowest BCUT2D eigenvalue weighted by atomic mass is 10.1. The van der Waals surface area contributed by atoms with Gasteiger partial charge in [0.05, 0.1) is 18.8 Å². The largest absolute Gasteiger partial charge is 0.386 e. The Hall–Kier alpha value is -1.59. The highest BCUT2D eigenvalue weighted by molar-refractivity contribution is 5.79. The zero-order chi connectivity index (χ0) is 15.8. The summed E-state index contributed by atoms with van der Waals surface area (Å²) in [5.41, 5.74) is 2.08. The molecule has 1 aliphatic heterocycles. The van der Waals surface area contributed by atoms with E-state index in [2.05, 4.69) is 15.6 Å². The predicted octanol–water partition coefficient (Wildman–Crippen LogP) is 1.76. The summed E-state index contributed by atoms with van der Waals surface area (Å²) in [6.07, 6.45) is 1.91. The van der Waals surface area contributed by atoms with Crippen molar-refractivity contribution in [2.24, 2.45) is 4.99 Å². The van der Waals surface area contributed by atoms with Crippen LogP contribution in [0.2, 0.25) is 0 Å². The van der Waals surface area contributed by atoms with Crippen LogP contribution in [0.1, 0.15) is 37.0 Å². The van der Waals surface area contributed by atoms with E-state index in [9.17, 15) is 5.11 Å². The van der Waals surface area contributed by atoms with Gasteiger partial charge in [-0.1, -0.05) is 29.8 Å². The number of nitrogens with zero attached hydrogens (tertiary/aromatic N) is 1. The van der Waals surface area contributed by atoms with Gasteiger partial charge in [-0.3, -0.25) is 4.99 Å². The van der Waals surface area contributed by atoms with Crippen LogP contribution in [0.4, 0.5) is 0 Å². The average molecular weight is 305 g/mol. The molecule has 2 atom stereocenters. The molecular formula is C17H27N3O2. The first kappa shape index (κ1) is 16.8. The number of benzene rings is 1. The summed E-state index contributed by atoms with van der Waals surface area (Å²) in [5.74, 6) is 0.726. The maximum Gasteiger partial charge on any atom is 0.191 e. The van der Waals surface area contributed by atoms with Gasteiger partial charge in [-0.25, -0.2) is 0 Å². The highest BCUT2D eigenvalue weighted by atomic mass is 16.5. The second-order valence-electron chi connectivity index (χ2n) is 5.66. The number of rotatable bonds is 6. The molecule has 0 aliphatic carbocycles. The van der Waals surface area contributed by atoms with Crippen LogP contribution in [0, 0.1) is 6.92 Å². The molecule has 0 saturated carbocycles. The van der Waals surface area contributed by atoms with Crippen LogP contribution < -0.4 is 10.6 Å². The van der Waals surface area contributed by atoms with Gasteiger partial charge >= 0.3 is 0 Å². The molecule has 1 aromatic carbocycles. The Morgan fingerprint density at radius 3 is 2.77 bits per heavy atom. The van der Waals surface area contributed by atoms with Crippen LogP contribution in [0.3, 0.4) is 0 Å². The Bertz CT molecular complexity index is 467. The molecule has 1 aliphatic rings. The molecule has 1 aromatic rings. The number of aliphatic hydroxyl groups is 1. The van der Waals surface area contributed by atoms with E-state index >= 15 is 0 Å². The fraction of sp³-hybridized carbons (Fsp3) is 0.588. The number of hydrogen-bond donors (Lipinski definition) is 3. The second kappa shape index (κ2) is 8.76. The normalized spacial score (nSPS) is 20.0. The van der Waals surface area contributed by atoms with Crippen molar-refractivity contribution in [1.29, 1.82) is 0 Å². The molecule has 122 valence electrons. The molecule has 1 heterocycles. The van der Waals surface area contributed by atoms with Crippen LogP contribution in [-0.2, 0) is 4.74 Å². The molecule has 5 heteroatoms. The summed E-state index contributed by atoms with van der Waals surface area (Å²) < 4.78 is 5.59. The van der Waals surface area contributed by atoms with Crippen LogP contribution in [-0.4, -0.2) is 43.4 Å². The number of aryl methyl sites for hydroxylation is 1. The van der Waals surface area contributed by atoms with Crippen molar-refractivity contribution < 1.29 is 9.84 Å². The van der Waals surface area contributed by atoms with Gasteiger partial charge in [0.25, 0.3) is 0 Å². The molecule has 2 unspecified atom stereocenters. The Balaban J connectivity index is 1.86. The smallest absolute Gasteiger partial charge is 0.191 e. The number of guanidine groups is 1. The van der Waals surface area contributed by atoms with Crippen LogP contribution in [0.25, 0.3) is 0 Å². The first-order valence-electron chi connectivity index (χ1n) is 8.07. The van der Waals surface area contributed by atoms with Crippen LogP contribution in [0.15, 0.2) is 29.3 Å². The minimum atomic E-state index is -0.584. The van der Waals surface area contributed by atoms with E-state index in [0.717, 1.165) is 44.1 Å². The van der Waals surface area contributed by atoms with Gasteiger partial charge in [0, 0.05) is 19.7 Å². The molecule has 5 nitrogen and oxygen atoms in total. The summed E-state index contributed by atoms with van der Waals surface area (Å²) in [4.78, 5) is 4.46. The Morgan fingerprint density at radius 1 is 1.36 bits per heavy atom. The molecular weight excluding hydrogens is 278 g/mol. The van der Waals surface area contributed by atoms with Crippen molar-refractivity contribution in [3.8, 4) is 0 Å². The molecule has 1 saturated heterocycles. The minimum Gasteiger partial charge on any atom is -0.386 e. The molecule has 0 bridgehead atoms. The van der Waals surface area contributed by atoms with Gasteiger partial charge in [0.2, 0.25) is 0 Å². The summed E-state index contributed by atoms with van der Waals surface area (Å²) >= 11 is 0. The fourth-order valence-corrected chi connectivity index (χ4v) is 2.43. The van der Waals surface area contributed by atoms with E-state index in [1.807, 2.05) is 38.1 Å². The van der Waals surface area contributed by atoms with E-state index in [1.54, 1.807) is 0 Å². The third-order valence-electron chi connectivity index (χ3n) is 3.75. The number of nitrogens with one attached hydrogen (secondary N) is 2. The third-order valence-corrected chi connectivity index (χ3v) is 3.75. The quantitative estimate of drug-likeness (QED) is 0.553. The lowest BCUT2D eigenvalue weighted by Crippen LogP contribution is -2.41. The van der Waals surface area contributed by atoms with E-state index in [0.29, 0.717) is 6.54 Å². The highest BCUT2D eigenvalue weighted by Gasteiger charge is 2.15. The van der Waals surface area contributed by atoms with Gasteiger partial charge in [-0.15, -0.1) is 0 Å². The monoisotopic (exact) mass is 305 g/mol. The van der Waals surface area contributed by atoms with Crippen molar-refractivity contribution in [3.63, 3.8) is 0 Å².